The number of hydrogen-bond acceptors (Lipinski definition) is 5. The third-order valence-electron chi connectivity index (χ3n) is 6.30. The highest BCUT2D eigenvalue weighted by Gasteiger charge is 2.36. The first-order valence-corrected chi connectivity index (χ1v) is 14.2. The first-order chi connectivity index (χ1) is 18.8. The third-order valence-corrected chi connectivity index (χ3v) is 6.61. The number of rotatable bonds is 12. The van der Waals surface area contributed by atoms with Gasteiger partial charge in [0.25, 0.3) is 5.91 Å². The number of amides is 3. The zero-order valence-electron chi connectivity index (χ0n) is 24.8. The second-order valence-corrected chi connectivity index (χ2v) is 11.6. The van der Waals surface area contributed by atoms with Crippen LogP contribution < -0.4 is 10.6 Å². The van der Waals surface area contributed by atoms with Crippen LogP contribution in [0.4, 0.5) is 10.5 Å². The second kappa shape index (κ2) is 15.1. The van der Waals surface area contributed by atoms with Crippen molar-refractivity contribution in [2.24, 2.45) is 0 Å². The van der Waals surface area contributed by atoms with Gasteiger partial charge >= 0.3 is 6.09 Å². The molecule has 0 saturated heterocycles. The molecule has 0 bridgehead atoms. The van der Waals surface area contributed by atoms with E-state index in [1.807, 2.05) is 45.0 Å². The number of unbranched alkanes of at least 4 members (excludes halogenated alkanes) is 3. The standard InChI is InChI=1S/C31H44ClN3O5/c1-8-9-10-11-15-35(29(38)25(19-36)33-30(39)40-31(5,6)7)27(23-17-20(2)16-21(3)18-23)28(37)34-26-22(4)13-12-14-24(26)32/h12-14,16-18,25,27,36H,8-11,15,19H2,1-7H3,(H,33,39)(H,34,37). The van der Waals surface area contributed by atoms with Gasteiger partial charge in [-0.2, -0.15) is 0 Å². The molecule has 2 rings (SSSR count). The van der Waals surface area contributed by atoms with Crippen LogP contribution in [0.5, 0.6) is 0 Å². The molecule has 0 aromatic heterocycles. The van der Waals surface area contributed by atoms with E-state index in [1.165, 1.54) is 4.90 Å². The number of alkyl carbamates (subject to hydrolysis) is 1. The number of anilines is 1. The van der Waals surface area contributed by atoms with Gasteiger partial charge in [0.2, 0.25) is 5.91 Å². The van der Waals surface area contributed by atoms with E-state index in [4.69, 9.17) is 16.3 Å². The Bertz CT molecular complexity index is 1140. The van der Waals surface area contributed by atoms with E-state index in [1.54, 1.807) is 32.9 Å². The number of hydrogen-bond donors (Lipinski definition) is 3. The largest absolute Gasteiger partial charge is 0.444 e. The van der Waals surface area contributed by atoms with Gasteiger partial charge in [-0.1, -0.05) is 79.2 Å². The third kappa shape index (κ3) is 9.82. The minimum Gasteiger partial charge on any atom is -0.444 e. The summed E-state index contributed by atoms with van der Waals surface area (Å²) in [4.78, 5) is 42.0. The fourth-order valence-corrected chi connectivity index (χ4v) is 4.80. The van der Waals surface area contributed by atoms with Crippen molar-refractivity contribution in [2.75, 3.05) is 18.5 Å². The monoisotopic (exact) mass is 573 g/mol. The normalized spacial score (nSPS) is 12.8. The number of aliphatic hydroxyl groups is 1. The minimum absolute atomic E-state index is 0.248. The zero-order valence-corrected chi connectivity index (χ0v) is 25.5. The molecule has 2 atom stereocenters. The van der Waals surface area contributed by atoms with Crippen LogP contribution in [0.25, 0.3) is 0 Å². The molecular weight excluding hydrogens is 530 g/mol. The first kappa shape index (κ1) is 33.1. The quantitative estimate of drug-likeness (QED) is 0.260. The van der Waals surface area contributed by atoms with Crippen LogP contribution in [0.2, 0.25) is 5.02 Å². The Hall–Kier alpha value is -3.10. The van der Waals surface area contributed by atoms with Gasteiger partial charge < -0.3 is 25.4 Å². The van der Waals surface area contributed by atoms with Gasteiger partial charge in [0.1, 0.15) is 17.7 Å². The fraction of sp³-hybridized carbons (Fsp3) is 0.516. The van der Waals surface area contributed by atoms with Crippen LogP contribution in [-0.2, 0) is 14.3 Å². The molecule has 0 radical (unpaired) electrons. The van der Waals surface area contributed by atoms with Crippen molar-refractivity contribution >= 4 is 35.2 Å². The molecule has 2 aromatic carbocycles. The van der Waals surface area contributed by atoms with Gasteiger partial charge in [0.05, 0.1) is 17.3 Å². The molecule has 9 heteroatoms. The molecule has 0 heterocycles. The number of carbonyl (C=O) groups excluding carboxylic acids is 3. The van der Waals surface area contributed by atoms with Crippen LogP contribution >= 0.6 is 11.6 Å². The molecule has 0 fully saturated rings. The number of benzene rings is 2. The highest BCUT2D eigenvalue weighted by Crippen LogP contribution is 2.30. The number of carbonyl (C=O) groups is 3. The summed E-state index contributed by atoms with van der Waals surface area (Å²) in [5, 5.41) is 16.0. The summed E-state index contributed by atoms with van der Waals surface area (Å²) in [6.07, 6.45) is 2.64. The lowest BCUT2D eigenvalue weighted by Crippen LogP contribution is -2.54. The van der Waals surface area contributed by atoms with Crippen molar-refractivity contribution in [3.05, 3.63) is 63.7 Å². The summed E-state index contributed by atoms with van der Waals surface area (Å²) < 4.78 is 5.32. The van der Waals surface area contributed by atoms with Gasteiger partial charge in [0.15, 0.2) is 0 Å². The van der Waals surface area contributed by atoms with Crippen molar-refractivity contribution in [2.45, 2.75) is 91.8 Å². The topological polar surface area (TPSA) is 108 Å². The van der Waals surface area contributed by atoms with Gasteiger partial charge in [0, 0.05) is 6.54 Å². The minimum atomic E-state index is -1.30. The molecule has 0 aliphatic carbocycles. The number of ether oxygens (including phenoxy) is 1. The molecule has 220 valence electrons. The lowest BCUT2D eigenvalue weighted by Gasteiger charge is -2.34. The lowest BCUT2D eigenvalue weighted by molar-refractivity contribution is -0.141. The van der Waals surface area contributed by atoms with E-state index < -0.39 is 42.2 Å². The maximum Gasteiger partial charge on any atom is 0.408 e. The van der Waals surface area contributed by atoms with Crippen molar-refractivity contribution in [1.82, 2.24) is 10.2 Å². The Labute approximate surface area is 243 Å². The van der Waals surface area contributed by atoms with E-state index in [0.717, 1.165) is 36.0 Å². The Morgan fingerprint density at radius 3 is 2.23 bits per heavy atom. The SMILES string of the molecule is CCCCCCN(C(=O)C(CO)NC(=O)OC(C)(C)C)C(C(=O)Nc1c(C)cccc1Cl)c1cc(C)cc(C)c1. The number of nitrogens with one attached hydrogen (secondary N) is 2. The Balaban J connectivity index is 2.57. The van der Waals surface area contributed by atoms with Crippen molar-refractivity contribution in [3.63, 3.8) is 0 Å². The van der Waals surface area contributed by atoms with Crippen LogP contribution in [-0.4, -0.2) is 52.7 Å². The number of para-hydroxylation sites is 1. The molecule has 8 nitrogen and oxygen atoms in total. The second-order valence-electron chi connectivity index (χ2n) is 11.2. The van der Waals surface area contributed by atoms with Gasteiger partial charge in [-0.05, 0) is 65.2 Å². The van der Waals surface area contributed by atoms with Gasteiger partial charge in [-0.25, -0.2) is 4.79 Å². The predicted octanol–water partition coefficient (Wildman–Crippen LogP) is 6.24. The number of halogens is 1. The molecule has 40 heavy (non-hydrogen) atoms. The Morgan fingerprint density at radius 2 is 1.68 bits per heavy atom. The van der Waals surface area contributed by atoms with Crippen molar-refractivity contribution in [1.29, 1.82) is 0 Å². The van der Waals surface area contributed by atoms with E-state index >= 15 is 0 Å². The molecule has 2 aromatic rings. The van der Waals surface area contributed by atoms with Crippen molar-refractivity contribution in [3.8, 4) is 0 Å². The molecule has 0 aliphatic rings. The summed E-state index contributed by atoms with van der Waals surface area (Å²) in [5.41, 5.74) is 2.95. The average molecular weight is 574 g/mol. The fourth-order valence-electron chi connectivity index (χ4n) is 4.53. The maximum absolute atomic E-state index is 14.1. The summed E-state index contributed by atoms with van der Waals surface area (Å²) >= 11 is 6.43. The lowest BCUT2D eigenvalue weighted by atomic mass is 9.97. The maximum atomic E-state index is 14.1. The molecule has 3 N–H and O–H groups in total. The highest BCUT2D eigenvalue weighted by molar-refractivity contribution is 6.34. The summed E-state index contributed by atoms with van der Waals surface area (Å²) in [7, 11) is 0. The highest BCUT2D eigenvalue weighted by atomic mass is 35.5. The van der Waals surface area contributed by atoms with Gasteiger partial charge in [-0.3, -0.25) is 9.59 Å². The molecule has 2 unspecified atom stereocenters. The smallest absolute Gasteiger partial charge is 0.408 e. The molecular formula is C31H44ClN3O5. The van der Waals surface area contributed by atoms with Crippen LogP contribution in [0.15, 0.2) is 36.4 Å². The van der Waals surface area contributed by atoms with Crippen LogP contribution in [0, 0.1) is 20.8 Å². The summed E-state index contributed by atoms with van der Waals surface area (Å²) in [6.45, 7) is 12.5. The molecule has 0 aliphatic heterocycles. The number of aliphatic hydroxyl groups excluding tert-OH is 1. The van der Waals surface area contributed by atoms with E-state index in [2.05, 4.69) is 17.6 Å². The molecule has 3 amide bonds. The van der Waals surface area contributed by atoms with Crippen molar-refractivity contribution < 1.29 is 24.2 Å². The van der Waals surface area contributed by atoms with E-state index in [9.17, 15) is 19.5 Å². The summed E-state index contributed by atoms with van der Waals surface area (Å²) in [5.74, 6) is -1.03. The zero-order chi connectivity index (χ0) is 30.0. The van der Waals surface area contributed by atoms with Gasteiger partial charge in [-0.15, -0.1) is 0 Å². The Kier molecular flexibility index (Phi) is 12.5. The summed E-state index contributed by atoms with van der Waals surface area (Å²) in [6, 6.07) is 8.72. The predicted molar refractivity (Wildman–Crippen MR) is 160 cm³/mol. The average Bonchev–Trinajstić information content (AvgIpc) is 2.84. The molecule has 0 spiro atoms. The number of nitrogens with zero attached hydrogens (tertiary/aromatic N) is 1. The molecule has 0 saturated carbocycles. The Morgan fingerprint density at radius 1 is 1.02 bits per heavy atom. The van der Waals surface area contributed by atoms with Crippen LogP contribution in [0.1, 0.15) is 81.7 Å². The van der Waals surface area contributed by atoms with E-state index in [-0.39, 0.29) is 6.54 Å². The van der Waals surface area contributed by atoms with Crippen LogP contribution in [0.3, 0.4) is 0 Å². The number of aryl methyl sites for hydroxylation is 3. The first-order valence-electron chi connectivity index (χ1n) is 13.8. The van der Waals surface area contributed by atoms with E-state index in [0.29, 0.717) is 22.7 Å².